The lowest BCUT2D eigenvalue weighted by molar-refractivity contribution is 0.627. The van der Waals surface area contributed by atoms with Gasteiger partial charge in [0.2, 0.25) is 0 Å². The smallest absolute Gasteiger partial charge is 0.123 e. The minimum Gasteiger partial charge on any atom is -0.207 e. The Morgan fingerprint density at radius 3 is 0.606 bits per heavy atom. The monoisotopic (exact) mass is 898 g/mol. The molecule has 0 radical (unpaired) electrons. The Hall–Kier alpha value is -7.13. The van der Waals surface area contributed by atoms with Gasteiger partial charge in [-0.25, -0.2) is 17.6 Å². The first-order valence-electron chi connectivity index (χ1n) is 22.4. The number of hydrogen-bond acceptors (Lipinski definition) is 0. The molecule has 66 heavy (non-hydrogen) atoms. The maximum atomic E-state index is 15.0. The first-order valence-corrected chi connectivity index (χ1v) is 27.8. The van der Waals surface area contributed by atoms with Crippen LogP contribution in [0.15, 0.2) is 218 Å². The molecule has 10 rings (SSSR count). The molecule has 0 fully saturated rings. The van der Waals surface area contributed by atoms with Crippen LogP contribution < -0.4 is 0 Å². The third-order valence-corrected chi connectivity index (χ3v) is 23.2. The average Bonchev–Trinajstić information content (AvgIpc) is 3.79. The molecule has 322 valence electrons. The molecule has 0 saturated carbocycles. The Kier molecular flexibility index (Phi) is 11.5. The van der Waals surface area contributed by atoms with Gasteiger partial charge in [0.1, 0.15) is 39.4 Å². The summed E-state index contributed by atoms with van der Waals surface area (Å²) in [5.74, 6) is -1.25. The van der Waals surface area contributed by atoms with Crippen molar-refractivity contribution in [1.82, 2.24) is 0 Å². The van der Waals surface area contributed by atoms with E-state index in [1.807, 2.05) is 72.8 Å². The van der Waals surface area contributed by atoms with Crippen molar-refractivity contribution >= 4 is 59.2 Å². The van der Waals surface area contributed by atoms with Gasteiger partial charge >= 0.3 is 0 Å². The van der Waals surface area contributed by atoms with Crippen LogP contribution in [-0.2, 0) is 0 Å². The zero-order valence-corrected chi connectivity index (χ0v) is 38.7. The summed E-state index contributed by atoms with van der Waals surface area (Å²) in [6.45, 7) is 4.88. The minimum absolute atomic E-state index is 0.312. The Balaban J connectivity index is 1.30. The molecule has 0 spiro atoms. The van der Waals surface area contributed by atoms with Crippen LogP contribution in [0.2, 0.25) is 25.2 Å². The Bertz CT molecular complexity index is 2740. The van der Waals surface area contributed by atoms with E-state index in [1.54, 1.807) is 48.5 Å². The first-order chi connectivity index (χ1) is 32.1. The molecule has 2 aliphatic rings. The lowest BCUT2D eigenvalue weighted by atomic mass is 9.89. The van der Waals surface area contributed by atoms with Crippen molar-refractivity contribution in [3.63, 3.8) is 0 Å². The van der Waals surface area contributed by atoms with Crippen molar-refractivity contribution in [3.05, 3.63) is 286 Å². The van der Waals surface area contributed by atoms with Gasteiger partial charge in [0, 0.05) is 0 Å². The van der Waals surface area contributed by atoms with Crippen LogP contribution in [0.1, 0.15) is 44.5 Å². The standard InChI is InChI=1S/C60H46F4Si2/c1-65(57(45-23-31-49(61)32-24-45)53(41-15-7-3-8-16-41)54(42-17-9-4-10-18-42)58(65)46-25-33-50(62)34-26-46)39-40-66(2)59(47-27-35-51(63)36-28-47)55(43-19-11-5-12-20-43)56(44-21-13-6-14-22-44)60(66)48-29-37-52(64)38-30-48/h3-38H,39-40H2,1-2H3. The third-order valence-electron chi connectivity index (χ3n) is 13.6. The molecule has 0 unspecified atom stereocenters. The van der Waals surface area contributed by atoms with Crippen LogP contribution in [0.3, 0.4) is 0 Å². The Labute approximate surface area is 386 Å². The van der Waals surface area contributed by atoms with Gasteiger partial charge in [-0.15, -0.1) is 0 Å². The lowest BCUT2D eigenvalue weighted by Gasteiger charge is -2.37. The average molecular weight is 899 g/mol. The van der Waals surface area contributed by atoms with Gasteiger partial charge in [0.15, 0.2) is 0 Å². The fourth-order valence-electron chi connectivity index (χ4n) is 10.7. The second-order valence-corrected chi connectivity index (χ2v) is 26.0. The number of rotatable bonds is 11. The van der Waals surface area contributed by atoms with E-state index in [4.69, 9.17) is 0 Å². The molecule has 0 bridgehead atoms. The molecular formula is C60H46F4Si2. The number of hydrogen-bond donors (Lipinski definition) is 0. The van der Waals surface area contributed by atoms with Gasteiger partial charge in [-0.3, -0.25) is 0 Å². The van der Waals surface area contributed by atoms with Crippen molar-refractivity contribution in [1.29, 1.82) is 0 Å². The summed E-state index contributed by atoms with van der Waals surface area (Å²) in [6.07, 6.45) is 0. The van der Waals surface area contributed by atoms with Gasteiger partial charge in [0.05, 0.1) is 0 Å². The fourth-order valence-corrected chi connectivity index (χ4v) is 22.7. The maximum absolute atomic E-state index is 15.0. The normalized spacial score (nSPS) is 15.5. The molecule has 8 aromatic rings. The van der Waals surface area contributed by atoms with E-state index in [2.05, 4.69) is 110 Å². The highest BCUT2D eigenvalue weighted by Gasteiger charge is 2.52. The third kappa shape index (κ3) is 7.70. The van der Waals surface area contributed by atoms with Crippen molar-refractivity contribution in [2.75, 3.05) is 0 Å². The predicted octanol–water partition coefficient (Wildman–Crippen LogP) is 16.3. The molecule has 0 N–H and O–H groups in total. The van der Waals surface area contributed by atoms with Crippen LogP contribution in [-0.4, -0.2) is 16.1 Å². The largest absolute Gasteiger partial charge is 0.207 e. The number of benzene rings is 8. The molecule has 8 aromatic carbocycles. The summed E-state index contributed by atoms with van der Waals surface area (Å²) >= 11 is 0. The first kappa shape index (κ1) is 42.8. The molecule has 0 aliphatic carbocycles. The molecule has 0 amide bonds. The molecule has 0 nitrogen and oxygen atoms in total. The maximum Gasteiger partial charge on any atom is 0.123 e. The Morgan fingerprint density at radius 2 is 0.424 bits per heavy atom. The summed E-state index contributed by atoms with van der Waals surface area (Å²) in [5, 5.41) is 4.75. The van der Waals surface area contributed by atoms with Crippen molar-refractivity contribution < 1.29 is 17.6 Å². The zero-order chi connectivity index (χ0) is 45.4. The van der Waals surface area contributed by atoms with E-state index in [9.17, 15) is 0 Å². The second kappa shape index (κ2) is 17.7. The summed E-state index contributed by atoms with van der Waals surface area (Å²) in [6, 6.07) is 71.0. The van der Waals surface area contributed by atoms with E-state index in [-0.39, 0.29) is 23.3 Å². The molecule has 6 heteroatoms. The van der Waals surface area contributed by atoms with Crippen LogP contribution in [0.25, 0.3) is 43.1 Å². The van der Waals surface area contributed by atoms with Crippen LogP contribution >= 0.6 is 0 Å². The van der Waals surface area contributed by atoms with Gasteiger partial charge in [0.25, 0.3) is 0 Å². The quantitative estimate of drug-likeness (QED) is 0.0896. The highest BCUT2D eigenvalue weighted by Crippen LogP contribution is 2.61. The molecule has 0 saturated heterocycles. The van der Waals surface area contributed by atoms with E-state index in [1.165, 1.54) is 20.8 Å². The van der Waals surface area contributed by atoms with E-state index in [0.29, 0.717) is 0 Å². The van der Waals surface area contributed by atoms with E-state index < -0.39 is 16.1 Å². The van der Waals surface area contributed by atoms with Gasteiger partial charge in [-0.05, 0) is 136 Å². The summed E-state index contributed by atoms with van der Waals surface area (Å²) in [7, 11) is -6.13. The van der Waals surface area contributed by atoms with Gasteiger partial charge in [-0.1, -0.05) is 195 Å². The van der Waals surface area contributed by atoms with Crippen molar-refractivity contribution in [3.8, 4) is 0 Å². The van der Waals surface area contributed by atoms with E-state index in [0.717, 1.165) is 78.9 Å². The molecule has 2 heterocycles. The van der Waals surface area contributed by atoms with Crippen LogP contribution in [0, 0.1) is 23.3 Å². The summed E-state index contributed by atoms with van der Waals surface area (Å²) < 4.78 is 60.1. The lowest BCUT2D eigenvalue weighted by Crippen LogP contribution is -2.39. The predicted molar refractivity (Wildman–Crippen MR) is 271 cm³/mol. The highest BCUT2D eigenvalue weighted by atomic mass is 28.3. The number of allylic oxidation sites excluding steroid dienone is 4. The number of halogens is 4. The molecule has 0 aromatic heterocycles. The minimum atomic E-state index is -3.07. The second-order valence-electron chi connectivity index (χ2n) is 17.7. The highest BCUT2D eigenvalue weighted by molar-refractivity contribution is 7.17. The molecular weight excluding hydrogens is 853 g/mol. The SMILES string of the molecule is C[Si]1(CC[Si]2(C)C(c3ccc(F)cc3)=C(c3ccccc3)C(c3ccccc3)=C2c2ccc(F)cc2)C(c2ccc(F)cc2)=C(c2ccccc2)C(c2ccccc2)=C1c1ccc(F)cc1. The molecule has 0 atom stereocenters. The van der Waals surface area contributed by atoms with Crippen molar-refractivity contribution in [2.45, 2.75) is 25.2 Å². The van der Waals surface area contributed by atoms with Gasteiger partial charge in [-0.2, -0.15) is 0 Å². The summed E-state index contributed by atoms with van der Waals surface area (Å²) in [4.78, 5) is 0. The van der Waals surface area contributed by atoms with E-state index >= 15 is 17.6 Å². The topological polar surface area (TPSA) is 0 Å². The summed E-state index contributed by atoms with van der Waals surface area (Å²) in [5.41, 5.74) is 12.4. The Morgan fingerprint density at radius 1 is 0.242 bits per heavy atom. The molecule has 2 aliphatic heterocycles. The van der Waals surface area contributed by atoms with Crippen molar-refractivity contribution in [2.24, 2.45) is 0 Å². The fraction of sp³-hybridized carbons (Fsp3) is 0.0667. The van der Waals surface area contributed by atoms with Crippen LogP contribution in [0.4, 0.5) is 17.6 Å². The van der Waals surface area contributed by atoms with Crippen LogP contribution in [0.5, 0.6) is 0 Å². The van der Waals surface area contributed by atoms with Gasteiger partial charge < -0.3 is 0 Å². The zero-order valence-electron chi connectivity index (χ0n) is 36.7.